The number of carbonyl (C=O) groups excluding carboxylic acids is 1. The summed E-state index contributed by atoms with van der Waals surface area (Å²) in [5, 5.41) is 3.65. The van der Waals surface area contributed by atoms with Crippen LogP contribution in [0.4, 0.5) is 0 Å². The van der Waals surface area contributed by atoms with Gasteiger partial charge in [0.2, 0.25) is 0 Å². The first-order valence-electron chi connectivity index (χ1n) is 5.57. The standard InChI is InChI=1S/C11H19NO/c1-2-9-7-8-3-4-10(13)5-6-11(8)12-9/h8-9,11-12H,2-7H2,1H3/t8-,9?,11+/m0/s1. The highest BCUT2D eigenvalue weighted by molar-refractivity contribution is 5.78. The molecule has 0 amide bonds. The van der Waals surface area contributed by atoms with Gasteiger partial charge in [-0.05, 0) is 31.6 Å². The molecule has 1 saturated heterocycles. The van der Waals surface area contributed by atoms with E-state index in [9.17, 15) is 4.79 Å². The summed E-state index contributed by atoms with van der Waals surface area (Å²) in [7, 11) is 0. The topological polar surface area (TPSA) is 29.1 Å². The second-order valence-corrected chi connectivity index (χ2v) is 4.49. The Bertz CT molecular complexity index is 184. The third kappa shape index (κ3) is 1.93. The Balaban J connectivity index is 1.96. The van der Waals surface area contributed by atoms with E-state index < -0.39 is 0 Å². The average molecular weight is 181 g/mol. The van der Waals surface area contributed by atoms with Crippen molar-refractivity contribution in [3.63, 3.8) is 0 Å². The monoisotopic (exact) mass is 181 g/mol. The van der Waals surface area contributed by atoms with E-state index in [1.165, 1.54) is 12.8 Å². The molecule has 1 aliphatic heterocycles. The third-order valence-corrected chi connectivity index (χ3v) is 3.63. The van der Waals surface area contributed by atoms with Gasteiger partial charge in [0, 0.05) is 24.9 Å². The van der Waals surface area contributed by atoms with Crippen LogP contribution in [-0.4, -0.2) is 17.9 Å². The van der Waals surface area contributed by atoms with Crippen LogP contribution in [0.5, 0.6) is 0 Å². The van der Waals surface area contributed by atoms with Crippen LogP contribution in [-0.2, 0) is 4.79 Å². The largest absolute Gasteiger partial charge is 0.311 e. The zero-order chi connectivity index (χ0) is 9.26. The molecular formula is C11H19NO. The number of rotatable bonds is 1. The molecule has 1 aliphatic carbocycles. The van der Waals surface area contributed by atoms with Crippen LogP contribution in [0.2, 0.25) is 0 Å². The molecule has 2 nitrogen and oxygen atoms in total. The first-order chi connectivity index (χ1) is 6.29. The number of ketones is 1. The second kappa shape index (κ2) is 3.79. The molecular weight excluding hydrogens is 162 g/mol. The zero-order valence-corrected chi connectivity index (χ0v) is 8.38. The zero-order valence-electron chi connectivity index (χ0n) is 8.38. The van der Waals surface area contributed by atoms with Gasteiger partial charge in [-0.3, -0.25) is 4.79 Å². The van der Waals surface area contributed by atoms with Crippen LogP contribution in [0.15, 0.2) is 0 Å². The smallest absolute Gasteiger partial charge is 0.132 e. The predicted molar refractivity (Wildman–Crippen MR) is 52.6 cm³/mol. The van der Waals surface area contributed by atoms with Crippen molar-refractivity contribution in [1.82, 2.24) is 5.32 Å². The Morgan fingerprint density at radius 1 is 1.38 bits per heavy atom. The quantitative estimate of drug-likeness (QED) is 0.669. The Hall–Kier alpha value is -0.370. The fraction of sp³-hybridized carbons (Fsp3) is 0.909. The Kier molecular flexibility index (Phi) is 2.68. The predicted octanol–water partition coefficient (Wildman–Crippen LogP) is 1.89. The summed E-state index contributed by atoms with van der Waals surface area (Å²) < 4.78 is 0. The molecule has 1 saturated carbocycles. The summed E-state index contributed by atoms with van der Waals surface area (Å²) in [6, 6.07) is 1.37. The van der Waals surface area contributed by atoms with Gasteiger partial charge in [-0.1, -0.05) is 6.92 Å². The first kappa shape index (κ1) is 9.20. The number of Topliss-reactive ketones (excluding diaryl/α,β-unsaturated/α-hetero) is 1. The number of hydrogen-bond acceptors (Lipinski definition) is 2. The van der Waals surface area contributed by atoms with Crippen LogP contribution < -0.4 is 5.32 Å². The summed E-state index contributed by atoms with van der Waals surface area (Å²) in [5.41, 5.74) is 0. The Morgan fingerprint density at radius 2 is 2.15 bits per heavy atom. The highest BCUT2D eigenvalue weighted by atomic mass is 16.1. The molecule has 3 atom stereocenters. The van der Waals surface area contributed by atoms with Crippen molar-refractivity contribution in [2.45, 2.75) is 57.5 Å². The van der Waals surface area contributed by atoms with Gasteiger partial charge in [-0.2, -0.15) is 0 Å². The van der Waals surface area contributed by atoms with Crippen LogP contribution in [0.3, 0.4) is 0 Å². The van der Waals surface area contributed by atoms with E-state index in [-0.39, 0.29) is 0 Å². The number of fused-ring (bicyclic) bond motifs is 1. The maximum Gasteiger partial charge on any atom is 0.132 e. The fourth-order valence-corrected chi connectivity index (χ4v) is 2.75. The molecule has 2 heteroatoms. The van der Waals surface area contributed by atoms with E-state index in [1.807, 2.05) is 0 Å². The lowest BCUT2D eigenvalue weighted by Crippen LogP contribution is -2.30. The van der Waals surface area contributed by atoms with Crippen molar-refractivity contribution >= 4 is 5.78 Å². The highest BCUT2D eigenvalue weighted by Crippen LogP contribution is 2.31. The van der Waals surface area contributed by atoms with Gasteiger partial charge in [0.15, 0.2) is 0 Å². The molecule has 0 aromatic carbocycles. The van der Waals surface area contributed by atoms with Gasteiger partial charge < -0.3 is 5.32 Å². The molecule has 0 aromatic heterocycles. The highest BCUT2D eigenvalue weighted by Gasteiger charge is 2.34. The molecule has 2 rings (SSSR count). The van der Waals surface area contributed by atoms with Crippen LogP contribution in [0.25, 0.3) is 0 Å². The van der Waals surface area contributed by atoms with Crippen LogP contribution in [0, 0.1) is 5.92 Å². The van der Waals surface area contributed by atoms with Gasteiger partial charge >= 0.3 is 0 Å². The van der Waals surface area contributed by atoms with Gasteiger partial charge in [0.05, 0.1) is 0 Å². The molecule has 0 aromatic rings. The second-order valence-electron chi connectivity index (χ2n) is 4.49. The lowest BCUT2D eigenvalue weighted by molar-refractivity contribution is -0.119. The molecule has 1 unspecified atom stereocenters. The molecule has 2 fully saturated rings. The molecule has 74 valence electrons. The first-order valence-corrected chi connectivity index (χ1v) is 5.57. The van der Waals surface area contributed by atoms with Crippen molar-refractivity contribution in [2.75, 3.05) is 0 Å². The van der Waals surface area contributed by atoms with Gasteiger partial charge in [0.25, 0.3) is 0 Å². The van der Waals surface area contributed by atoms with E-state index in [0.717, 1.165) is 37.6 Å². The lowest BCUT2D eigenvalue weighted by Gasteiger charge is -2.14. The minimum atomic E-state index is 0.476. The molecule has 1 N–H and O–H groups in total. The molecule has 0 spiro atoms. The summed E-state index contributed by atoms with van der Waals surface area (Å²) in [6.45, 7) is 2.24. The Morgan fingerprint density at radius 3 is 2.92 bits per heavy atom. The molecule has 0 bridgehead atoms. The van der Waals surface area contributed by atoms with Crippen molar-refractivity contribution in [3.8, 4) is 0 Å². The number of carbonyl (C=O) groups is 1. The van der Waals surface area contributed by atoms with Crippen molar-refractivity contribution in [1.29, 1.82) is 0 Å². The van der Waals surface area contributed by atoms with Gasteiger partial charge in [0.1, 0.15) is 5.78 Å². The van der Waals surface area contributed by atoms with Crippen LogP contribution in [0.1, 0.15) is 45.4 Å². The van der Waals surface area contributed by atoms with Gasteiger partial charge in [-0.15, -0.1) is 0 Å². The van der Waals surface area contributed by atoms with E-state index in [0.29, 0.717) is 11.8 Å². The van der Waals surface area contributed by atoms with E-state index in [2.05, 4.69) is 12.2 Å². The van der Waals surface area contributed by atoms with Crippen molar-refractivity contribution < 1.29 is 4.79 Å². The summed E-state index contributed by atoms with van der Waals surface area (Å²) in [4.78, 5) is 11.2. The van der Waals surface area contributed by atoms with Crippen LogP contribution >= 0.6 is 0 Å². The fourth-order valence-electron chi connectivity index (χ4n) is 2.75. The number of hydrogen-bond donors (Lipinski definition) is 1. The normalized spacial score (nSPS) is 40.1. The summed E-state index contributed by atoms with van der Waals surface area (Å²) in [5.74, 6) is 1.26. The van der Waals surface area contributed by atoms with Gasteiger partial charge in [-0.25, -0.2) is 0 Å². The summed E-state index contributed by atoms with van der Waals surface area (Å²) >= 11 is 0. The van der Waals surface area contributed by atoms with Crippen molar-refractivity contribution in [3.05, 3.63) is 0 Å². The SMILES string of the molecule is CCC1C[C@@H]2CCC(=O)CC[C@H]2N1. The third-order valence-electron chi connectivity index (χ3n) is 3.63. The molecule has 13 heavy (non-hydrogen) atoms. The lowest BCUT2D eigenvalue weighted by atomic mass is 9.94. The maximum absolute atomic E-state index is 11.2. The van der Waals surface area contributed by atoms with E-state index in [1.54, 1.807) is 0 Å². The van der Waals surface area contributed by atoms with E-state index >= 15 is 0 Å². The van der Waals surface area contributed by atoms with E-state index in [4.69, 9.17) is 0 Å². The number of nitrogens with one attached hydrogen (secondary N) is 1. The van der Waals surface area contributed by atoms with Crippen molar-refractivity contribution in [2.24, 2.45) is 5.92 Å². The molecule has 1 heterocycles. The summed E-state index contributed by atoms with van der Waals surface area (Å²) in [6.07, 6.45) is 6.40. The maximum atomic E-state index is 11.2. The Labute approximate surface area is 80.1 Å². The minimum Gasteiger partial charge on any atom is -0.311 e. The molecule has 0 radical (unpaired) electrons. The molecule has 2 aliphatic rings. The minimum absolute atomic E-state index is 0.476. The average Bonchev–Trinajstić information content (AvgIpc) is 2.47.